The first-order valence-electron chi connectivity index (χ1n) is 7.89. The molecule has 0 fully saturated rings. The van der Waals surface area contributed by atoms with Gasteiger partial charge in [-0.05, 0) is 36.8 Å². The molecule has 0 saturated carbocycles. The van der Waals surface area contributed by atoms with Gasteiger partial charge in [0, 0.05) is 23.6 Å². The van der Waals surface area contributed by atoms with E-state index in [1.165, 1.54) is 0 Å². The molecule has 6 heteroatoms. The Morgan fingerprint density at radius 2 is 1.88 bits per heavy atom. The van der Waals surface area contributed by atoms with E-state index in [-0.39, 0.29) is 18.2 Å². The number of hydrogen-bond acceptors (Lipinski definition) is 3. The topological polar surface area (TPSA) is 84.2 Å². The number of rotatable bonds is 7. The fraction of sp³-hybridized carbons (Fsp3) is 0.158. The molecule has 0 aliphatic rings. The molecular weight excluding hydrogens is 338 g/mol. The maximum Gasteiger partial charge on any atom is 0.251 e. The lowest BCUT2D eigenvalue weighted by molar-refractivity contribution is -0.115. The number of nitrogens with two attached hydrogens (primary N) is 1. The summed E-state index contributed by atoms with van der Waals surface area (Å²) in [4.78, 5) is 23.7. The molecule has 0 bridgehead atoms. The predicted octanol–water partition coefficient (Wildman–Crippen LogP) is 3.63. The van der Waals surface area contributed by atoms with E-state index in [0.717, 1.165) is 0 Å². The highest BCUT2D eigenvalue weighted by Gasteiger charge is 2.04. The summed E-state index contributed by atoms with van der Waals surface area (Å²) in [6.45, 7) is 0.481. The van der Waals surface area contributed by atoms with Crippen molar-refractivity contribution in [1.82, 2.24) is 5.32 Å². The van der Waals surface area contributed by atoms with Crippen LogP contribution in [-0.2, 0) is 4.79 Å². The summed E-state index contributed by atoms with van der Waals surface area (Å²) in [6.07, 6.45) is 4.50. The highest BCUT2D eigenvalue weighted by Crippen LogP contribution is 2.16. The van der Waals surface area contributed by atoms with Gasteiger partial charge in [0.05, 0.1) is 11.4 Å². The molecule has 25 heavy (non-hydrogen) atoms. The first-order valence-corrected chi connectivity index (χ1v) is 8.27. The molecule has 0 atom stereocenters. The Kier molecular flexibility index (Phi) is 7.04. The largest absolute Gasteiger partial charge is 0.397 e. The van der Waals surface area contributed by atoms with Gasteiger partial charge in [-0.1, -0.05) is 42.0 Å². The standard InChI is InChI=1S/C19H20ClN3O2/c20-15-8-6-7-14(13-15)19(25)22-12-5-1-2-11-18(24)23-17-10-4-3-9-16(17)21/h1-4,6-10,13H,5,11-12,21H2,(H,22,25)(H,23,24). The Hall–Kier alpha value is -2.79. The van der Waals surface area contributed by atoms with Gasteiger partial charge in [0.2, 0.25) is 5.91 Å². The first kappa shape index (κ1) is 18.5. The van der Waals surface area contributed by atoms with E-state index in [4.69, 9.17) is 17.3 Å². The molecule has 2 aromatic carbocycles. The molecule has 2 rings (SSSR count). The number of benzene rings is 2. The van der Waals surface area contributed by atoms with Crippen molar-refractivity contribution in [1.29, 1.82) is 0 Å². The molecule has 2 amide bonds. The van der Waals surface area contributed by atoms with Crippen molar-refractivity contribution in [2.24, 2.45) is 0 Å². The molecule has 4 N–H and O–H groups in total. The van der Waals surface area contributed by atoms with Gasteiger partial charge in [-0.15, -0.1) is 0 Å². The highest BCUT2D eigenvalue weighted by atomic mass is 35.5. The number of carbonyl (C=O) groups excluding carboxylic acids is 2. The maximum atomic E-state index is 11.9. The second kappa shape index (κ2) is 9.49. The predicted molar refractivity (Wildman–Crippen MR) is 102 cm³/mol. The second-order valence-electron chi connectivity index (χ2n) is 5.37. The number of anilines is 2. The maximum absolute atomic E-state index is 11.9. The molecule has 0 aliphatic heterocycles. The van der Waals surface area contributed by atoms with E-state index in [2.05, 4.69) is 10.6 Å². The number of halogens is 1. The summed E-state index contributed by atoms with van der Waals surface area (Å²) >= 11 is 5.85. The molecule has 2 aromatic rings. The van der Waals surface area contributed by atoms with Gasteiger partial charge >= 0.3 is 0 Å². The summed E-state index contributed by atoms with van der Waals surface area (Å²) in [5, 5.41) is 6.07. The van der Waals surface area contributed by atoms with E-state index in [1.54, 1.807) is 42.5 Å². The fourth-order valence-corrected chi connectivity index (χ4v) is 2.31. The van der Waals surface area contributed by atoms with Crippen LogP contribution in [0.25, 0.3) is 0 Å². The van der Waals surface area contributed by atoms with Crippen molar-refractivity contribution in [2.45, 2.75) is 12.8 Å². The number of para-hydroxylation sites is 2. The zero-order valence-corrected chi connectivity index (χ0v) is 14.4. The average molecular weight is 358 g/mol. The second-order valence-corrected chi connectivity index (χ2v) is 5.80. The molecule has 0 unspecified atom stereocenters. The molecule has 0 heterocycles. The number of hydrogen-bond donors (Lipinski definition) is 3. The third kappa shape index (κ3) is 6.31. The van der Waals surface area contributed by atoms with Crippen LogP contribution < -0.4 is 16.4 Å². The van der Waals surface area contributed by atoms with E-state index >= 15 is 0 Å². The van der Waals surface area contributed by atoms with Crippen molar-refractivity contribution in [3.8, 4) is 0 Å². The van der Waals surface area contributed by atoms with Gasteiger partial charge in [-0.25, -0.2) is 0 Å². The normalized spacial score (nSPS) is 10.6. The van der Waals surface area contributed by atoms with E-state index in [0.29, 0.717) is 34.9 Å². The molecular formula is C19H20ClN3O2. The Balaban J connectivity index is 1.67. The Morgan fingerprint density at radius 1 is 1.08 bits per heavy atom. The summed E-state index contributed by atoms with van der Waals surface area (Å²) in [5.74, 6) is -0.315. The van der Waals surface area contributed by atoms with Crippen LogP contribution in [0.5, 0.6) is 0 Å². The van der Waals surface area contributed by atoms with Crippen molar-refractivity contribution >= 4 is 34.8 Å². The summed E-state index contributed by atoms with van der Waals surface area (Å²) in [6, 6.07) is 13.9. The zero-order chi connectivity index (χ0) is 18.1. The first-order chi connectivity index (χ1) is 12.1. The monoisotopic (exact) mass is 357 g/mol. The van der Waals surface area contributed by atoms with Crippen LogP contribution >= 0.6 is 11.6 Å². The molecule has 130 valence electrons. The van der Waals surface area contributed by atoms with Crippen molar-refractivity contribution in [3.05, 3.63) is 71.3 Å². The Labute approximate surface area is 151 Å². The number of nitrogens with one attached hydrogen (secondary N) is 2. The minimum absolute atomic E-state index is 0.142. The molecule has 0 aliphatic carbocycles. The zero-order valence-electron chi connectivity index (χ0n) is 13.7. The Morgan fingerprint density at radius 3 is 2.64 bits per heavy atom. The van der Waals surface area contributed by atoms with Gasteiger partial charge in [0.1, 0.15) is 0 Å². The fourth-order valence-electron chi connectivity index (χ4n) is 2.12. The minimum atomic E-state index is -0.173. The molecule has 0 radical (unpaired) electrons. The lowest BCUT2D eigenvalue weighted by atomic mass is 10.2. The summed E-state index contributed by atoms with van der Waals surface area (Å²) in [5.41, 5.74) is 7.43. The van der Waals surface area contributed by atoms with Gasteiger partial charge in [0.25, 0.3) is 5.91 Å². The smallest absolute Gasteiger partial charge is 0.251 e. The lowest BCUT2D eigenvalue weighted by Crippen LogP contribution is -2.24. The summed E-state index contributed by atoms with van der Waals surface area (Å²) in [7, 11) is 0. The van der Waals surface area contributed by atoms with Gasteiger partial charge < -0.3 is 16.4 Å². The number of carbonyl (C=O) groups is 2. The van der Waals surface area contributed by atoms with Crippen LogP contribution in [0.3, 0.4) is 0 Å². The molecule has 5 nitrogen and oxygen atoms in total. The van der Waals surface area contributed by atoms with Gasteiger partial charge in [0.15, 0.2) is 0 Å². The SMILES string of the molecule is Nc1ccccc1NC(=O)CC=CCCNC(=O)c1cccc(Cl)c1. The van der Waals surface area contributed by atoms with Crippen LogP contribution in [-0.4, -0.2) is 18.4 Å². The van der Waals surface area contributed by atoms with Crippen molar-refractivity contribution in [3.63, 3.8) is 0 Å². The molecule has 0 spiro atoms. The van der Waals surface area contributed by atoms with Crippen LogP contribution in [0.1, 0.15) is 23.2 Å². The highest BCUT2D eigenvalue weighted by molar-refractivity contribution is 6.30. The van der Waals surface area contributed by atoms with Crippen molar-refractivity contribution in [2.75, 3.05) is 17.6 Å². The van der Waals surface area contributed by atoms with E-state index < -0.39 is 0 Å². The van der Waals surface area contributed by atoms with Gasteiger partial charge in [-0.3, -0.25) is 9.59 Å². The molecule has 0 aromatic heterocycles. The minimum Gasteiger partial charge on any atom is -0.397 e. The number of nitrogen functional groups attached to an aromatic ring is 1. The third-order valence-corrected chi connectivity index (χ3v) is 3.62. The van der Waals surface area contributed by atoms with Crippen LogP contribution in [0.15, 0.2) is 60.7 Å². The van der Waals surface area contributed by atoms with Crippen LogP contribution in [0.2, 0.25) is 5.02 Å². The molecule has 0 saturated heterocycles. The van der Waals surface area contributed by atoms with Crippen molar-refractivity contribution < 1.29 is 9.59 Å². The lowest BCUT2D eigenvalue weighted by Gasteiger charge is -2.06. The number of amides is 2. The van der Waals surface area contributed by atoms with Crippen LogP contribution in [0.4, 0.5) is 11.4 Å². The van der Waals surface area contributed by atoms with E-state index in [9.17, 15) is 9.59 Å². The summed E-state index contributed by atoms with van der Waals surface area (Å²) < 4.78 is 0. The Bertz CT molecular complexity index is 775. The van der Waals surface area contributed by atoms with Gasteiger partial charge in [-0.2, -0.15) is 0 Å². The van der Waals surface area contributed by atoms with Crippen LogP contribution in [0, 0.1) is 0 Å². The third-order valence-electron chi connectivity index (χ3n) is 3.39. The quantitative estimate of drug-likeness (QED) is 0.402. The van der Waals surface area contributed by atoms with E-state index in [1.807, 2.05) is 18.2 Å². The average Bonchev–Trinajstić information content (AvgIpc) is 2.60.